The number of hydrogen-bond donors (Lipinski definition) is 0. The Morgan fingerprint density at radius 3 is 2.35 bits per heavy atom. The van der Waals surface area contributed by atoms with Crippen LogP contribution in [0.1, 0.15) is 5.56 Å². The van der Waals surface area contributed by atoms with Gasteiger partial charge in [0.05, 0.1) is 17.4 Å². The first-order chi connectivity index (χ1) is 11.2. The van der Waals surface area contributed by atoms with Gasteiger partial charge in [-0.25, -0.2) is 0 Å². The third-order valence-corrected chi connectivity index (χ3v) is 4.23. The number of anilines is 2. The Morgan fingerprint density at radius 1 is 1.04 bits per heavy atom. The fourth-order valence-electron chi connectivity index (χ4n) is 3.25. The molecule has 1 aliphatic rings. The number of para-hydroxylation sites is 2. The largest absolute Gasteiger partial charge is 0.363 e. The van der Waals surface area contributed by atoms with E-state index in [0.717, 1.165) is 37.4 Å². The highest BCUT2D eigenvalue weighted by Gasteiger charge is 2.30. The van der Waals surface area contributed by atoms with Gasteiger partial charge in [-0.05, 0) is 31.8 Å². The predicted molar refractivity (Wildman–Crippen MR) is 94.8 cm³/mol. The van der Waals surface area contributed by atoms with Gasteiger partial charge in [0.15, 0.2) is 0 Å². The number of hydrogen-bond acceptors (Lipinski definition) is 3. The number of amides is 1. The molecule has 23 heavy (non-hydrogen) atoms. The Hall–Kier alpha value is -2.33. The molecule has 120 valence electrons. The second-order valence-corrected chi connectivity index (χ2v) is 6.28. The molecule has 0 saturated carbocycles. The van der Waals surface area contributed by atoms with Crippen molar-refractivity contribution in [3.05, 3.63) is 60.2 Å². The van der Waals surface area contributed by atoms with E-state index in [2.05, 4.69) is 40.1 Å². The lowest BCUT2D eigenvalue weighted by atomic mass is 10.1. The molecule has 0 aromatic heterocycles. The SMILES string of the molecule is CN(C)CC1CN(Cc2ccccc2)c2ccccc2N1C=O. The average molecular weight is 309 g/mol. The van der Waals surface area contributed by atoms with Crippen LogP contribution < -0.4 is 9.80 Å². The van der Waals surface area contributed by atoms with Crippen molar-refractivity contribution >= 4 is 17.8 Å². The van der Waals surface area contributed by atoms with E-state index < -0.39 is 0 Å². The third kappa shape index (κ3) is 3.37. The second kappa shape index (κ2) is 6.84. The van der Waals surface area contributed by atoms with Crippen molar-refractivity contribution in [2.75, 3.05) is 37.0 Å². The van der Waals surface area contributed by atoms with Crippen molar-refractivity contribution in [1.82, 2.24) is 4.90 Å². The maximum Gasteiger partial charge on any atom is 0.214 e. The van der Waals surface area contributed by atoms with Crippen LogP contribution in [0.4, 0.5) is 11.4 Å². The minimum Gasteiger partial charge on any atom is -0.363 e. The van der Waals surface area contributed by atoms with Crippen LogP contribution in [-0.4, -0.2) is 44.5 Å². The summed E-state index contributed by atoms with van der Waals surface area (Å²) in [4.78, 5) is 18.0. The Morgan fingerprint density at radius 2 is 1.70 bits per heavy atom. The third-order valence-electron chi connectivity index (χ3n) is 4.23. The van der Waals surface area contributed by atoms with Crippen molar-refractivity contribution < 1.29 is 4.79 Å². The van der Waals surface area contributed by atoms with Crippen LogP contribution in [0.5, 0.6) is 0 Å². The molecule has 0 bridgehead atoms. The molecule has 2 aromatic carbocycles. The van der Waals surface area contributed by atoms with Crippen molar-refractivity contribution in [2.45, 2.75) is 12.6 Å². The summed E-state index contributed by atoms with van der Waals surface area (Å²) >= 11 is 0. The zero-order chi connectivity index (χ0) is 16.2. The van der Waals surface area contributed by atoms with Gasteiger partial charge in [-0.15, -0.1) is 0 Å². The van der Waals surface area contributed by atoms with Crippen LogP contribution in [0.3, 0.4) is 0 Å². The first kappa shape index (κ1) is 15.6. The second-order valence-electron chi connectivity index (χ2n) is 6.28. The van der Waals surface area contributed by atoms with Gasteiger partial charge < -0.3 is 14.7 Å². The fourth-order valence-corrected chi connectivity index (χ4v) is 3.25. The highest BCUT2D eigenvalue weighted by molar-refractivity contribution is 5.86. The maximum atomic E-state index is 11.7. The molecule has 0 radical (unpaired) electrons. The average Bonchev–Trinajstić information content (AvgIpc) is 2.55. The van der Waals surface area contributed by atoms with Crippen LogP contribution >= 0.6 is 0 Å². The summed E-state index contributed by atoms with van der Waals surface area (Å²) in [6, 6.07) is 18.8. The van der Waals surface area contributed by atoms with E-state index in [-0.39, 0.29) is 6.04 Å². The van der Waals surface area contributed by atoms with Crippen LogP contribution in [0, 0.1) is 0 Å². The Labute approximate surface area is 137 Å². The Balaban J connectivity index is 1.94. The first-order valence-corrected chi connectivity index (χ1v) is 7.95. The minimum absolute atomic E-state index is 0.154. The van der Waals surface area contributed by atoms with Gasteiger partial charge in [0, 0.05) is 19.6 Å². The molecule has 0 fully saturated rings. The molecule has 4 nitrogen and oxygen atoms in total. The van der Waals surface area contributed by atoms with Crippen molar-refractivity contribution in [3.63, 3.8) is 0 Å². The molecule has 4 heteroatoms. The molecular weight excluding hydrogens is 286 g/mol. The monoisotopic (exact) mass is 309 g/mol. The number of fused-ring (bicyclic) bond motifs is 1. The highest BCUT2D eigenvalue weighted by Crippen LogP contribution is 2.35. The van der Waals surface area contributed by atoms with E-state index in [0.29, 0.717) is 0 Å². The fraction of sp³-hybridized carbons (Fsp3) is 0.316. The standard InChI is InChI=1S/C19H23N3O/c1-20(2)13-17-14-21(12-16-8-4-3-5-9-16)18-10-6-7-11-19(18)22(17)15-23/h3-11,15,17H,12-14H2,1-2H3. The molecule has 1 aliphatic heterocycles. The van der Waals surface area contributed by atoms with Crippen molar-refractivity contribution in [2.24, 2.45) is 0 Å². The molecule has 1 unspecified atom stereocenters. The number of carbonyl (C=O) groups excluding carboxylic acids is 1. The topological polar surface area (TPSA) is 26.8 Å². The summed E-state index contributed by atoms with van der Waals surface area (Å²) in [7, 11) is 4.09. The summed E-state index contributed by atoms with van der Waals surface area (Å²) in [5.41, 5.74) is 3.40. The summed E-state index contributed by atoms with van der Waals surface area (Å²) in [5.74, 6) is 0. The summed E-state index contributed by atoms with van der Waals surface area (Å²) in [6.45, 7) is 2.54. The van der Waals surface area contributed by atoms with E-state index in [1.54, 1.807) is 0 Å². The summed E-state index contributed by atoms with van der Waals surface area (Å²) in [5, 5.41) is 0. The number of carbonyl (C=O) groups is 1. The number of likely N-dealkylation sites (N-methyl/N-ethyl adjacent to an activating group) is 1. The molecule has 1 heterocycles. The van der Waals surface area contributed by atoms with E-state index in [9.17, 15) is 4.79 Å². The molecule has 3 rings (SSSR count). The van der Waals surface area contributed by atoms with Gasteiger partial charge in [-0.1, -0.05) is 42.5 Å². The van der Waals surface area contributed by atoms with E-state index in [1.807, 2.05) is 43.3 Å². The van der Waals surface area contributed by atoms with Crippen molar-refractivity contribution in [3.8, 4) is 0 Å². The zero-order valence-corrected chi connectivity index (χ0v) is 13.7. The van der Waals surface area contributed by atoms with Gasteiger partial charge in [0.2, 0.25) is 6.41 Å². The number of benzene rings is 2. The smallest absolute Gasteiger partial charge is 0.214 e. The highest BCUT2D eigenvalue weighted by atomic mass is 16.1. The summed E-state index contributed by atoms with van der Waals surface area (Å²) < 4.78 is 0. The van der Waals surface area contributed by atoms with Gasteiger partial charge in [-0.3, -0.25) is 4.79 Å². The number of rotatable bonds is 5. The van der Waals surface area contributed by atoms with Gasteiger partial charge in [0.1, 0.15) is 0 Å². The molecule has 0 aliphatic carbocycles. The summed E-state index contributed by atoms with van der Waals surface area (Å²) in [6.07, 6.45) is 0.965. The first-order valence-electron chi connectivity index (χ1n) is 7.95. The molecular formula is C19H23N3O. The van der Waals surface area contributed by atoms with Crippen LogP contribution in [0.25, 0.3) is 0 Å². The van der Waals surface area contributed by atoms with Gasteiger partial charge >= 0.3 is 0 Å². The lowest BCUT2D eigenvalue weighted by molar-refractivity contribution is -0.108. The molecule has 1 atom stereocenters. The number of nitrogens with zero attached hydrogens (tertiary/aromatic N) is 3. The van der Waals surface area contributed by atoms with Crippen molar-refractivity contribution in [1.29, 1.82) is 0 Å². The molecule has 1 amide bonds. The minimum atomic E-state index is 0.154. The Kier molecular flexibility index (Phi) is 4.63. The Bertz CT molecular complexity index is 657. The lowest BCUT2D eigenvalue weighted by Crippen LogP contribution is -2.52. The molecule has 0 saturated heterocycles. The van der Waals surface area contributed by atoms with Gasteiger partial charge in [-0.2, -0.15) is 0 Å². The lowest BCUT2D eigenvalue weighted by Gasteiger charge is -2.42. The van der Waals surface area contributed by atoms with E-state index in [4.69, 9.17) is 0 Å². The van der Waals surface area contributed by atoms with E-state index >= 15 is 0 Å². The normalized spacial score (nSPS) is 17.3. The quantitative estimate of drug-likeness (QED) is 0.794. The van der Waals surface area contributed by atoms with Crippen LogP contribution in [-0.2, 0) is 11.3 Å². The maximum absolute atomic E-state index is 11.7. The van der Waals surface area contributed by atoms with Crippen LogP contribution in [0.2, 0.25) is 0 Å². The van der Waals surface area contributed by atoms with Gasteiger partial charge in [0.25, 0.3) is 0 Å². The zero-order valence-electron chi connectivity index (χ0n) is 13.7. The molecule has 2 aromatic rings. The molecule has 0 spiro atoms. The molecule has 0 N–H and O–H groups in total. The predicted octanol–water partition coefficient (Wildman–Crippen LogP) is 2.60. The van der Waals surface area contributed by atoms with Crippen LogP contribution in [0.15, 0.2) is 54.6 Å². The van der Waals surface area contributed by atoms with E-state index in [1.165, 1.54) is 5.56 Å².